The van der Waals surface area contributed by atoms with Crippen molar-refractivity contribution < 1.29 is 28.9 Å². The molecule has 1 aromatic rings. The van der Waals surface area contributed by atoms with Crippen molar-refractivity contribution >= 4 is 24.2 Å². The van der Waals surface area contributed by atoms with Crippen molar-refractivity contribution in [1.82, 2.24) is 10.6 Å². The molecule has 36 heavy (non-hydrogen) atoms. The molecule has 0 heterocycles. The van der Waals surface area contributed by atoms with E-state index in [-0.39, 0.29) is 42.6 Å². The van der Waals surface area contributed by atoms with Gasteiger partial charge in [0.25, 0.3) is 11.8 Å². The fourth-order valence-corrected chi connectivity index (χ4v) is 3.38. The number of aliphatic hydroxyl groups is 1. The number of carbonyl (C=O) groups excluding carboxylic acids is 2. The summed E-state index contributed by atoms with van der Waals surface area (Å²) < 4.78 is 16.0. The molecule has 9 nitrogen and oxygen atoms in total. The van der Waals surface area contributed by atoms with Gasteiger partial charge >= 0.3 is 0 Å². The lowest BCUT2D eigenvalue weighted by molar-refractivity contribution is -0.140. The van der Waals surface area contributed by atoms with Gasteiger partial charge in [-0.05, 0) is 57.1 Å². The molecule has 10 heteroatoms. The number of rotatable bonds is 17. The second kappa shape index (κ2) is 17.5. The Balaban J connectivity index is 0.0000122. The lowest BCUT2D eigenvalue weighted by atomic mass is 9.87. The van der Waals surface area contributed by atoms with Crippen LogP contribution in [-0.2, 0) is 14.3 Å². The summed E-state index contributed by atoms with van der Waals surface area (Å²) >= 11 is 0. The number of unbranched alkanes of at least 4 members (excludes halogenated alkanes) is 1. The van der Waals surface area contributed by atoms with Gasteiger partial charge in [0.15, 0.2) is 0 Å². The molecule has 0 spiro atoms. The van der Waals surface area contributed by atoms with Crippen LogP contribution in [0.15, 0.2) is 24.3 Å². The molecule has 0 bridgehead atoms. The number of nitrogens with one attached hydrogen (secondary N) is 2. The first kappa shape index (κ1) is 34.1. The topological polar surface area (TPSA) is 132 Å². The fraction of sp³-hybridized carbons (Fsp3) is 0.692. The van der Waals surface area contributed by atoms with E-state index in [0.717, 1.165) is 12.8 Å². The van der Waals surface area contributed by atoms with Crippen LogP contribution in [-0.4, -0.2) is 75.2 Å². The SMILES string of the molecule is COCCCCOc1ccccc1C(=O)NCC(CC(N)C(O)CNC(=O)C(C)(C)OC)C(C)C.Cl. The quantitative estimate of drug-likeness (QED) is 0.227. The minimum Gasteiger partial charge on any atom is -0.493 e. The summed E-state index contributed by atoms with van der Waals surface area (Å²) in [7, 11) is 3.12. The number of nitrogens with two attached hydrogens (primary N) is 1. The minimum absolute atomic E-state index is 0. The molecule has 3 unspecified atom stereocenters. The molecule has 1 rings (SSSR count). The highest BCUT2D eigenvalue weighted by Crippen LogP contribution is 2.20. The Labute approximate surface area is 222 Å². The summed E-state index contributed by atoms with van der Waals surface area (Å²) in [6.45, 7) is 9.02. The highest BCUT2D eigenvalue weighted by Gasteiger charge is 2.29. The monoisotopic (exact) mass is 531 g/mol. The van der Waals surface area contributed by atoms with E-state index >= 15 is 0 Å². The standard InChI is InChI=1S/C26H45N3O6.ClH/c1-18(2)19(15-21(27)22(30)17-29-25(32)26(3,4)34-6)16-28-24(31)20-11-7-8-12-23(20)35-14-10-9-13-33-5;/h7-8,11-12,18-19,21-22,30H,9-10,13-17,27H2,1-6H3,(H,28,31)(H,29,32);1H. The predicted octanol–water partition coefficient (Wildman–Crippen LogP) is 2.54. The molecule has 0 saturated heterocycles. The second-order valence-electron chi connectivity index (χ2n) is 9.65. The zero-order valence-corrected chi connectivity index (χ0v) is 23.4. The van der Waals surface area contributed by atoms with E-state index in [1.807, 2.05) is 6.07 Å². The Hall–Kier alpha value is -1.91. The Morgan fingerprint density at radius 2 is 1.69 bits per heavy atom. The van der Waals surface area contributed by atoms with Gasteiger partial charge in [-0.1, -0.05) is 26.0 Å². The molecule has 1 aromatic carbocycles. The van der Waals surface area contributed by atoms with Gasteiger partial charge in [-0.3, -0.25) is 9.59 Å². The Morgan fingerprint density at radius 3 is 2.31 bits per heavy atom. The zero-order chi connectivity index (χ0) is 26.4. The smallest absolute Gasteiger partial charge is 0.255 e. The molecule has 5 N–H and O–H groups in total. The van der Waals surface area contributed by atoms with Crippen molar-refractivity contribution in [2.75, 3.05) is 40.5 Å². The molecule has 3 atom stereocenters. The van der Waals surface area contributed by atoms with Crippen LogP contribution in [0, 0.1) is 11.8 Å². The first-order chi connectivity index (χ1) is 16.5. The third kappa shape index (κ3) is 11.9. The molecule has 0 saturated carbocycles. The summed E-state index contributed by atoms with van der Waals surface area (Å²) in [6.07, 6.45) is 1.29. The summed E-state index contributed by atoms with van der Waals surface area (Å²) in [6, 6.07) is 6.61. The third-order valence-electron chi connectivity index (χ3n) is 6.20. The van der Waals surface area contributed by atoms with Gasteiger partial charge in [0, 0.05) is 40.0 Å². The zero-order valence-electron chi connectivity index (χ0n) is 22.5. The lowest BCUT2D eigenvalue weighted by Crippen LogP contribution is -2.50. The van der Waals surface area contributed by atoms with Crippen molar-refractivity contribution in [1.29, 1.82) is 0 Å². The fourth-order valence-electron chi connectivity index (χ4n) is 3.38. The van der Waals surface area contributed by atoms with Gasteiger partial charge in [-0.15, -0.1) is 12.4 Å². The average molecular weight is 532 g/mol. The number of benzene rings is 1. The van der Waals surface area contributed by atoms with E-state index < -0.39 is 17.7 Å². The van der Waals surface area contributed by atoms with Crippen LogP contribution in [0.5, 0.6) is 5.75 Å². The molecule has 0 aromatic heterocycles. The molecule has 0 aliphatic heterocycles. The number of halogens is 1. The first-order valence-electron chi connectivity index (χ1n) is 12.3. The van der Waals surface area contributed by atoms with Crippen LogP contribution in [0.1, 0.15) is 57.3 Å². The summed E-state index contributed by atoms with van der Waals surface area (Å²) in [5.74, 6) is 0.273. The van der Waals surface area contributed by atoms with Crippen LogP contribution in [0.4, 0.5) is 0 Å². The maximum absolute atomic E-state index is 12.9. The lowest BCUT2D eigenvalue weighted by Gasteiger charge is -2.28. The Kier molecular flexibility index (Phi) is 16.6. The highest BCUT2D eigenvalue weighted by molar-refractivity contribution is 5.96. The summed E-state index contributed by atoms with van der Waals surface area (Å²) in [5.41, 5.74) is 5.73. The molecule has 0 radical (unpaired) electrons. The highest BCUT2D eigenvalue weighted by atomic mass is 35.5. The van der Waals surface area contributed by atoms with Gasteiger partial charge in [0.1, 0.15) is 11.4 Å². The van der Waals surface area contributed by atoms with E-state index in [2.05, 4.69) is 24.5 Å². The number of carbonyl (C=O) groups is 2. The van der Waals surface area contributed by atoms with E-state index in [0.29, 0.717) is 37.5 Å². The normalized spacial score (nSPS) is 13.9. The summed E-state index contributed by atoms with van der Waals surface area (Å²) in [4.78, 5) is 25.1. The van der Waals surface area contributed by atoms with Crippen molar-refractivity contribution in [2.45, 2.75) is 64.7 Å². The van der Waals surface area contributed by atoms with Gasteiger partial charge in [-0.2, -0.15) is 0 Å². The van der Waals surface area contributed by atoms with Crippen molar-refractivity contribution in [2.24, 2.45) is 17.6 Å². The molecule has 0 aliphatic rings. The molecule has 2 amide bonds. The number of hydrogen-bond donors (Lipinski definition) is 4. The summed E-state index contributed by atoms with van der Waals surface area (Å²) in [5, 5.41) is 16.1. The number of methoxy groups -OCH3 is 2. The van der Waals surface area contributed by atoms with Crippen molar-refractivity contribution in [3.05, 3.63) is 29.8 Å². The largest absolute Gasteiger partial charge is 0.493 e. The van der Waals surface area contributed by atoms with Crippen LogP contribution < -0.4 is 21.1 Å². The molecular formula is C26H46ClN3O6. The Morgan fingerprint density at radius 1 is 1.06 bits per heavy atom. The molecule has 208 valence electrons. The van der Waals surface area contributed by atoms with Gasteiger partial charge in [0.05, 0.1) is 18.3 Å². The van der Waals surface area contributed by atoms with Crippen molar-refractivity contribution in [3.63, 3.8) is 0 Å². The van der Waals surface area contributed by atoms with E-state index in [4.69, 9.17) is 19.9 Å². The van der Waals surface area contributed by atoms with Gasteiger partial charge in [-0.25, -0.2) is 0 Å². The number of para-hydroxylation sites is 1. The van der Waals surface area contributed by atoms with Crippen LogP contribution in [0.2, 0.25) is 0 Å². The van der Waals surface area contributed by atoms with Crippen molar-refractivity contribution in [3.8, 4) is 5.75 Å². The van der Waals surface area contributed by atoms with Crippen LogP contribution in [0.25, 0.3) is 0 Å². The number of ether oxygens (including phenoxy) is 3. The van der Waals surface area contributed by atoms with E-state index in [1.165, 1.54) is 7.11 Å². The Bertz CT molecular complexity index is 778. The average Bonchev–Trinajstić information content (AvgIpc) is 2.84. The maximum Gasteiger partial charge on any atom is 0.255 e. The number of amides is 2. The second-order valence-corrected chi connectivity index (χ2v) is 9.65. The maximum atomic E-state index is 12.9. The minimum atomic E-state index is -0.988. The molecule has 0 fully saturated rings. The van der Waals surface area contributed by atoms with Crippen LogP contribution >= 0.6 is 12.4 Å². The van der Waals surface area contributed by atoms with E-state index in [9.17, 15) is 14.7 Å². The predicted molar refractivity (Wildman–Crippen MR) is 144 cm³/mol. The molecule has 0 aliphatic carbocycles. The van der Waals surface area contributed by atoms with Gasteiger partial charge < -0.3 is 35.7 Å². The number of hydrogen-bond acceptors (Lipinski definition) is 7. The van der Waals surface area contributed by atoms with Gasteiger partial charge in [0.2, 0.25) is 0 Å². The number of aliphatic hydroxyl groups excluding tert-OH is 1. The van der Waals surface area contributed by atoms with Crippen LogP contribution in [0.3, 0.4) is 0 Å². The first-order valence-corrected chi connectivity index (χ1v) is 12.3. The molecular weight excluding hydrogens is 486 g/mol. The third-order valence-corrected chi connectivity index (χ3v) is 6.20. The van der Waals surface area contributed by atoms with E-state index in [1.54, 1.807) is 39.2 Å².